The number of carbonyl (C=O) groups is 1. The van der Waals surface area contributed by atoms with Crippen molar-refractivity contribution in [2.24, 2.45) is 5.73 Å². The highest BCUT2D eigenvalue weighted by atomic mass is 16.3. The van der Waals surface area contributed by atoms with E-state index in [4.69, 9.17) is 11.5 Å². The number of nitrogen functional groups attached to an aromatic ring is 1. The van der Waals surface area contributed by atoms with Gasteiger partial charge in [0.25, 0.3) is 0 Å². The van der Waals surface area contributed by atoms with Crippen LogP contribution in [0.3, 0.4) is 0 Å². The quantitative estimate of drug-likeness (QED) is 0.634. The number of carbonyl (C=O) groups excluding carboxylic acids is 1. The van der Waals surface area contributed by atoms with E-state index in [-0.39, 0.29) is 17.6 Å². The lowest BCUT2D eigenvalue weighted by Gasteiger charge is -2.31. The number of hydrogen-bond donors (Lipinski definition) is 4. The molecule has 1 amide bonds. The van der Waals surface area contributed by atoms with Gasteiger partial charge in [0, 0.05) is 41.5 Å². The van der Waals surface area contributed by atoms with Gasteiger partial charge in [0.1, 0.15) is 11.6 Å². The number of hydrogen-bond acceptors (Lipinski definition) is 4. The van der Waals surface area contributed by atoms with Crippen LogP contribution in [-0.4, -0.2) is 34.0 Å². The molecule has 0 aliphatic carbocycles. The number of nitrogens with one attached hydrogen (secondary N) is 1. The van der Waals surface area contributed by atoms with Crippen LogP contribution in [0.4, 0.5) is 5.82 Å². The Morgan fingerprint density at radius 1 is 1.38 bits per heavy atom. The van der Waals surface area contributed by atoms with Crippen LogP contribution in [0.15, 0.2) is 43.0 Å². The molecule has 1 aromatic heterocycles. The maximum absolute atomic E-state index is 11.9. The number of benzene rings is 1. The third-order valence-electron chi connectivity index (χ3n) is 4.77. The topological polar surface area (TPSA) is 108 Å². The van der Waals surface area contributed by atoms with E-state index >= 15 is 0 Å². The lowest BCUT2D eigenvalue weighted by atomic mass is 9.94. The first kappa shape index (κ1) is 17.7. The van der Waals surface area contributed by atoms with Crippen LogP contribution in [0.2, 0.25) is 0 Å². The Bertz CT molecular complexity index is 853. The highest BCUT2D eigenvalue weighted by Crippen LogP contribution is 2.31. The van der Waals surface area contributed by atoms with Crippen molar-refractivity contribution in [3.63, 3.8) is 0 Å². The van der Waals surface area contributed by atoms with E-state index in [0.717, 1.165) is 30.6 Å². The number of nitrogens with two attached hydrogens (primary N) is 2. The number of nitrogens with zero attached hydrogens (tertiary/aromatic N) is 1. The molecule has 6 N–H and O–H groups in total. The van der Waals surface area contributed by atoms with Crippen LogP contribution in [0.25, 0.3) is 11.8 Å². The van der Waals surface area contributed by atoms with Gasteiger partial charge >= 0.3 is 0 Å². The third kappa shape index (κ3) is 3.59. The number of amides is 1. The van der Waals surface area contributed by atoms with E-state index in [0.29, 0.717) is 23.6 Å². The molecule has 1 unspecified atom stereocenters. The van der Waals surface area contributed by atoms with Crippen LogP contribution in [0, 0.1) is 0 Å². The number of piperidine rings is 1. The average molecular weight is 352 g/mol. The number of phenolic OH excluding ortho intramolecular Hbond substituents is 1. The molecule has 26 heavy (non-hydrogen) atoms. The second kappa shape index (κ2) is 7.39. The zero-order chi connectivity index (χ0) is 18.7. The molecule has 0 spiro atoms. The molecule has 2 heterocycles. The molecule has 6 nitrogen and oxygen atoms in total. The summed E-state index contributed by atoms with van der Waals surface area (Å²) in [6.07, 6.45) is 5.03. The molecule has 0 bridgehead atoms. The summed E-state index contributed by atoms with van der Waals surface area (Å²) in [5.74, 6) is 0.800. The summed E-state index contributed by atoms with van der Waals surface area (Å²) in [6, 6.07) is 8.87. The smallest absolute Gasteiger partial charge is 0.245 e. The average Bonchev–Trinajstić information content (AvgIpc) is 3.02. The molecule has 1 fully saturated rings. The fourth-order valence-corrected chi connectivity index (χ4v) is 3.37. The second-order valence-electron chi connectivity index (χ2n) is 6.54. The van der Waals surface area contributed by atoms with E-state index in [2.05, 4.69) is 11.6 Å². The van der Waals surface area contributed by atoms with Crippen molar-refractivity contribution in [2.75, 3.05) is 18.8 Å². The minimum Gasteiger partial charge on any atom is -0.507 e. The summed E-state index contributed by atoms with van der Waals surface area (Å²) in [5.41, 5.74) is 15.0. The van der Waals surface area contributed by atoms with E-state index in [1.807, 2.05) is 17.0 Å². The lowest BCUT2D eigenvalue weighted by molar-refractivity contribution is -0.127. The SMILES string of the molecule is C=CC(=O)N1CCCC(c2cc(/C=C(\N)c3ccccc3O)c(N)[nH]2)C1. The molecule has 136 valence electrons. The van der Waals surface area contributed by atoms with Gasteiger partial charge in [0.15, 0.2) is 0 Å². The normalized spacial score (nSPS) is 17.9. The molecule has 1 aliphatic rings. The first-order chi connectivity index (χ1) is 12.5. The zero-order valence-electron chi connectivity index (χ0n) is 14.6. The molecule has 2 aromatic rings. The van der Waals surface area contributed by atoms with E-state index in [1.165, 1.54) is 6.08 Å². The molecule has 1 aromatic carbocycles. The number of phenols is 1. The number of aromatic nitrogens is 1. The molecule has 1 aliphatic heterocycles. The number of H-pyrrole nitrogens is 1. The summed E-state index contributed by atoms with van der Waals surface area (Å²) < 4.78 is 0. The molecule has 0 saturated carbocycles. The predicted molar refractivity (Wildman–Crippen MR) is 104 cm³/mol. The summed E-state index contributed by atoms with van der Waals surface area (Å²) in [5, 5.41) is 9.94. The van der Waals surface area contributed by atoms with Gasteiger partial charge in [-0.25, -0.2) is 0 Å². The molecular formula is C20H24N4O2. The zero-order valence-corrected chi connectivity index (χ0v) is 14.6. The van der Waals surface area contributed by atoms with Crippen molar-refractivity contribution in [1.82, 2.24) is 9.88 Å². The van der Waals surface area contributed by atoms with Crippen LogP contribution >= 0.6 is 0 Å². The molecule has 3 rings (SSSR count). The number of rotatable bonds is 4. The van der Waals surface area contributed by atoms with E-state index in [1.54, 1.807) is 24.3 Å². The minimum atomic E-state index is -0.0434. The van der Waals surface area contributed by atoms with Crippen LogP contribution in [0.5, 0.6) is 5.75 Å². The Hall–Kier alpha value is -3.15. The first-order valence-electron chi connectivity index (χ1n) is 8.65. The van der Waals surface area contributed by atoms with Crippen molar-refractivity contribution in [3.05, 3.63) is 59.8 Å². The predicted octanol–water partition coefficient (Wildman–Crippen LogP) is 2.65. The van der Waals surface area contributed by atoms with Gasteiger partial charge < -0.3 is 26.5 Å². The Labute approximate surface area is 152 Å². The molecule has 6 heteroatoms. The van der Waals surface area contributed by atoms with Crippen molar-refractivity contribution >= 4 is 23.5 Å². The van der Waals surface area contributed by atoms with Crippen molar-refractivity contribution < 1.29 is 9.90 Å². The number of anilines is 1. The standard InChI is InChI=1S/C20H24N4O2/c1-2-19(26)24-9-5-6-13(12-24)17-11-14(20(22)23-17)10-16(21)15-7-3-4-8-18(15)25/h2-4,7-8,10-11,13,23,25H,1,5-6,9,12,21-22H2/b16-10-. The Balaban J connectivity index is 1.83. The van der Waals surface area contributed by atoms with Gasteiger partial charge in [-0.15, -0.1) is 0 Å². The number of aromatic amines is 1. The van der Waals surface area contributed by atoms with Gasteiger partial charge in [-0.3, -0.25) is 4.79 Å². The molecule has 1 saturated heterocycles. The summed E-state index contributed by atoms with van der Waals surface area (Å²) in [4.78, 5) is 16.9. The van der Waals surface area contributed by atoms with Gasteiger partial charge in [-0.05, 0) is 43.2 Å². The van der Waals surface area contributed by atoms with Gasteiger partial charge in [-0.2, -0.15) is 0 Å². The second-order valence-corrected chi connectivity index (χ2v) is 6.54. The van der Waals surface area contributed by atoms with Gasteiger partial charge in [0.05, 0.1) is 0 Å². The van der Waals surface area contributed by atoms with E-state index in [9.17, 15) is 9.90 Å². The van der Waals surface area contributed by atoms with Crippen molar-refractivity contribution in [1.29, 1.82) is 0 Å². The number of para-hydroxylation sites is 1. The monoisotopic (exact) mass is 352 g/mol. The van der Waals surface area contributed by atoms with Crippen molar-refractivity contribution in [3.8, 4) is 5.75 Å². The van der Waals surface area contributed by atoms with Crippen molar-refractivity contribution in [2.45, 2.75) is 18.8 Å². The van der Waals surface area contributed by atoms with Crippen LogP contribution < -0.4 is 11.5 Å². The molecular weight excluding hydrogens is 328 g/mol. The fourth-order valence-electron chi connectivity index (χ4n) is 3.37. The Kier molecular flexibility index (Phi) is 5.02. The number of aromatic hydroxyl groups is 1. The first-order valence-corrected chi connectivity index (χ1v) is 8.65. The maximum Gasteiger partial charge on any atom is 0.245 e. The van der Waals surface area contributed by atoms with Crippen LogP contribution in [0.1, 0.15) is 35.6 Å². The summed E-state index contributed by atoms with van der Waals surface area (Å²) in [7, 11) is 0. The Morgan fingerprint density at radius 3 is 2.88 bits per heavy atom. The van der Waals surface area contributed by atoms with Gasteiger partial charge in [0.2, 0.25) is 5.91 Å². The summed E-state index contributed by atoms with van der Waals surface area (Å²) >= 11 is 0. The summed E-state index contributed by atoms with van der Waals surface area (Å²) in [6.45, 7) is 4.96. The molecule has 1 atom stereocenters. The minimum absolute atomic E-state index is 0.0434. The number of likely N-dealkylation sites (tertiary alicyclic amines) is 1. The third-order valence-corrected chi connectivity index (χ3v) is 4.77. The van der Waals surface area contributed by atoms with Gasteiger partial charge in [-0.1, -0.05) is 18.7 Å². The maximum atomic E-state index is 11.9. The highest BCUT2D eigenvalue weighted by Gasteiger charge is 2.25. The fraction of sp³-hybridized carbons (Fsp3) is 0.250. The van der Waals surface area contributed by atoms with E-state index < -0.39 is 0 Å². The lowest BCUT2D eigenvalue weighted by Crippen LogP contribution is -2.38. The molecule has 0 radical (unpaired) electrons. The largest absolute Gasteiger partial charge is 0.507 e. The Morgan fingerprint density at radius 2 is 2.15 bits per heavy atom. The van der Waals surface area contributed by atoms with Crippen LogP contribution in [-0.2, 0) is 4.79 Å². The highest BCUT2D eigenvalue weighted by molar-refractivity contribution is 5.87.